The highest BCUT2D eigenvalue weighted by molar-refractivity contribution is 5.98. The minimum atomic E-state index is -0.594. The van der Waals surface area contributed by atoms with Crippen LogP contribution >= 0.6 is 0 Å². The summed E-state index contributed by atoms with van der Waals surface area (Å²) < 4.78 is 13.2. The molecule has 0 saturated carbocycles. The van der Waals surface area contributed by atoms with Gasteiger partial charge in [-0.25, -0.2) is 4.39 Å². The van der Waals surface area contributed by atoms with E-state index < -0.39 is 11.7 Å². The topological polar surface area (TPSA) is 58.4 Å². The summed E-state index contributed by atoms with van der Waals surface area (Å²) in [5, 5.41) is 3.36. The highest BCUT2D eigenvalue weighted by Crippen LogP contribution is 2.22. The summed E-state index contributed by atoms with van der Waals surface area (Å²) in [6, 6.07) is 4.18. The fourth-order valence-corrected chi connectivity index (χ4v) is 2.60. The van der Waals surface area contributed by atoms with Crippen LogP contribution in [0.1, 0.15) is 23.2 Å². The first-order valence-electron chi connectivity index (χ1n) is 6.59. The number of nitrogens with zero attached hydrogens (tertiary/aromatic N) is 1. The van der Waals surface area contributed by atoms with Crippen LogP contribution in [-0.4, -0.2) is 32.6 Å². The number of carbonyl (C=O) groups is 1. The van der Waals surface area contributed by atoms with E-state index in [0.29, 0.717) is 11.6 Å². The van der Waals surface area contributed by atoms with Crippen molar-refractivity contribution in [3.8, 4) is 0 Å². The Hall–Kier alpha value is -1.62. The highest BCUT2D eigenvalue weighted by atomic mass is 19.1. The number of nitrogens with one attached hydrogen (secondary N) is 1. The third kappa shape index (κ3) is 3.44. The van der Waals surface area contributed by atoms with Crippen molar-refractivity contribution in [2.24, 2.45) is 11.7 Å². The van der Waals surface area contributed by atoms with Crippen molar-refractivity contribution in [1.82, 2.24) is 5.32 Å². The molecule has 4 nitrogen and oxygen atoms in total. The van der Waals surface area contributed by atoms with E-state index in [1.807, 2.05) is 11.9 Å². The summed E-state index contributed by atoms with van der Waals surface area (Å²) >= 11 is 0. The number of hydrogen-bond donors (Lipinski definition) is 2. The van der Waals surface area contributed by atoms with Crippen LogP contribution in [-0.2, 0) is 0 Å². The summed E-state index contributed by atoms with van der Waals surface area (Å²) in [4.78, 5) is 13.4. The molecule has 1 fully saturated rings. The largest absolute Gasteiger partial charge is 0.374 e. The number of hydrogen-bond acceptors (Lipinski definition) is 3. The lowest BCUT2D eigenvalue weighted by Gasteiger charge is -2.29. The maximum atomic E-state index is 13.2. The van der Waals surface area contributed by atoms with E-state index in [4.69, 9.17) is 5.73 Å². The molecule has 2 rings (SSSR count). The molecule has 0 aromatic heterocycles. The second-order valence-corrected chi connectivity index (χ2v) is 5.12. The molecule has 3 N–H and O–H groups in total. The molecule has 1 aromatic rings. The molecular formula is C14H20FN3O. The third-order valence-corrected chi connectivity index (χ3v) is 3.57. The standard InChI is InChI=1S/C14H20FN3O/c1-18(9-10-3-2-6-17-8-10)13-5-4-11(15)7-12(13)14(16)19/h4-5,7,10,17H,2-3,6,8-9H2,1H3,(H2,16,19). The molecular weight excluding hydrogens is 245 g/mol. The summed E-state index contributed by atoms with van der Waals surface area (Å²) in [6.07, 6.45) is 2.34. The minimum absolute atomic E-state index is 0.242. The minimum Gasteiger partial charge on any atom is -0.374 e. The molecule has 0 bridgehead atoms. The number of carbonyl (C=O) groups excluding carboxylic acids is 1. The average molecular weight is 265 g/mol. The number of amides is 1. The van der Waals surface area contributed by atoms with Gasteiger partial charge in [-0.2, -0.15) is 0 Å². The predicted molar refractivity (Wildman–Crippen MR) is 73.8 cm³/mol. The van der Waals surface area contributed by atoms with Crippen molar-refractivity contribution in [2.75, 3.05) is 31.6 Å². The molecule has 1 unspecified atom stereocenters. The first-order chi connectivity index (χ1) is 9.08. The van der Waals surface area contributed by atoms with Crippen molar-refractivity contribution in [3.63, 3.8) is 0 Å². The van der Waals surface area contributed by atoms with Crippen LogP contribution in [0, 0.1) is 11.7 Å². The fraction of sp³-hybridized carbons (Fsp3) is 0.500. The molecule has 1 atom stereocenters. The molecule has 19 heavy (non-hydrogen) atoms. The molecule has 1 heterocycles. The molecule has 1 amide bonds. The number of halogens is 1. The first kappa shape index (κ1) is 13.8. The van der Waals surface area contributed by atoms with Gasteiger partial charge in [-0.1, -0.05) is 0 Å². The SMILES string of the molecule is CN(CC1CCCNC1)c1ccc(F)cc1C(N)=O. The molecule has 5 heteroatoms. The monoisotopic (exact) mass is 265 g/mol. The smallest absolute Gasteiger partial charge is 0.250 e. The molecule has 1 aliphatic rings. The molecule has 1 saturated heterocycles. The fourth-order valence-electron chi connectivity index (χ4n) is 2.60. The molecule has 0 aliphatic carbocycles. The summed E-state index contributed by atoms with van der Waals surface area (Å²) in [5.74, 6) is -0.488. The number of anilines is 1. The van der Waals surface area contributed by atoms with Gasteiger partial charge in [-0.05, 0) is 50.0 Å². The summed E-state index contributed by atoms with van der Waals surface area (Å²) in [5.41, 5.74) is 6.25. The molecule has 1 aliphatic heterocycles. The average Bonchev–Trinajstić information content (AvgIpc) is 2.39. The summed E-state index contributed by atoms with van der Waals surface area (Å²) in [7, 11) is 1.91. The van der Waals surface area contributed by atoms with Crippen molar-refractivity contribution < 1.29 is 9.18 Å². The predicted octanol–water partition coefficient (Wildman–Crippen LogP) is 1.36. The van der Waals surface area contributed by atoms with Gasteiger partial charge in [0.1, 0.15) is 5.82 Å². The zero-order chi connectivity index (χ0) is 13.8. The van der Waals surface area contributed by atoms with Crippen LogP contribution in [0.4, 0.5) is 10.1 Å². The molecule has 0 radical (unpaired) electrons. The Morgan fingerprint density at radius 2 is 2.37 bits per heavy atom. The van der Waals surface area contributed by atoms with Gasteiger partial charge < -0.3 is 16.0 Å². The lowest BCUT2D eigenvalue weighted by atomic mass is 9.98. The quantitative estimate of drug-likeness (QED) is 0.864. The molecule has 104 valence electrons. The maximum absolute atomic E-state index is 13.2. The van der Waals surface area contributed by atoms with Crippen molar-refractivity contribution >= 4 is 11.6 Å². The van der Waals surface area contributed by atoms with Gasteiger partial charge in [0.2, 0.25) is 0 Å². The second kappa shape index (κ2) is 6.02. The van der Waals surface area contributed by atoms with E-state index in [2.05, 4.69) is 5.32 Å². The number of nitrogens with two attached hydrogens (primary N) is 1. The normalized spacial score (nSPS) is 19.2. The lowest BCUT2D eigenvalue weighted by Crippen LogP contribution is -2.37. The van der Waals surface area contributed by atoms with Gasteiger partial charge >= 0.3 is 0 Å². The Morgan fingerprint density at radius 1 is 1.58 bits per heavy atom. The Kier molecular flexibility index (Phi) is 4.37. The van der Waals surface area contributed by atoms with Crippen LogP contribution in [0.2, 0.25) is 0 Å². The summed E-state index contributed by atoms with van der Waals surface area (Å²) in [6.45, 7) is 2.89. The first-order valence-corrected chi connectivity index (χ1v) is 6.59. The Bertz CT molecular complexity index is 458. The van der Waals surface area contributed by atoms with E-state index in [9.17, 15) is 9.18 Å². The zero-order valence-corrected chi connectivity index (χ0v) is 11.2. The van der Waals surface area contributed by atoms with E-state index in [0.717, 1.165) is 19.6 Å². The van der Waals surface area contributed by atoms with Gasteiger partial charge in [-0.15, -0.1) is 0 Å². The molecule has 1 aromatic carbocycles. The van der Waals surface area contributed by atoms with Gasteiger partial charge in [0.15, 0.2) is 0 Å². The van der Waals surface area contributed by atoms with Crippen LogP contribution in [0.15, 0.2) is 18.2 Å². The van der Waals surface area contributed by atoms with Crippen LogP contribution in [0.25, 0.3) is 0 Å². The Labute approximate surface area is 112 Å². The number of benzene rings is 1. The Balaban J connectivity index is 2.13. The van der Waals surface area contributed by atoms with Gasteiger partial charge in [0.05, 0.1) is 5.56 Å². The highest BCUT2D eigenvalue weighted by Gasteiger charge is 2.18. The van der Waals surface area contributed by atoms with E-state index >= 15 is 0 Å². The second-order valence-electron chi connectivity index (χ2n) is 5.12. The van der Waals surface area contributed by atoms with Gasteiger partial charge in [0, 0.05) is 19.3 Å². The lowest BCUT2D eigenvalue weighted by molar-refractivity contribution is 0.100. The van der Waals surface area contributed by atoms with Gasteiger partial charge in [-0.3, -0.25) is 4.79 Å². The third-order valence-electron chi connectivity index (χ3n) is 3.57. The zero-order valence-electron chi connectivity index (χ0n) is 11.2. The van der Waals surface area contributed by atoms with Crippen LogP contribution in [0.3, 0.4) is 0 Å². The van der Waals surface area contributed by atoms with Crippen LogP contribution in [0.5, 0.6) is 0 Å². The van der Waals surface area contributed by atoms with E-state index in [1.54, 1.807) is 6.07 Å². The van der Waals surface area contributed by atoms with Crippen molar-refractivity contribution in [3.05, 3.63) is 29.6 Å². The number of piperidine rings is 1. The van der Waals surface area contributed by atoms with Crippen molar-refractivity contribution in [1.29, 1.82) is 0 Å². The maximum Gasteiger partial charge on any atom is 0.250 e. The number of primary amides is 1. The van der Waals surface area contributed by atoms with E-state index in [-0.39, 0.29) is 5.56 Å². The van der Waals surface area contributed by atoms with Gasteiger partial charge in [0.25, 0.3) is 5.91 Å². The molecule has 0 spiro atoms. The van der Waals surface area contributed by atoms with Crippen molar-refractivity contribution in [2.45, 2.75) is 12.8 Å². The Morgan fingerprint density at radius 3 is 3.00 bits per heavy atom. The number of rotatable bonds is 4. The van der Waals surface area contributed by atoms with Crippen LogP contribution < -0.4 is 16.0 Å². The van der Waals surface area contributed by atoms with E-state index in [1.165, 1.54) is 25.0 Å².